The number of nitrogens with zero attached hydrogens (tertiary/aromatic N) is 1. The van der Waals surface area contributed by atoms with Gasteiger partial charge in [-0.05, 0) is 49.2 Å². The van der Waals surface area contributed by atoms with Gasteiger partial charge in [0.15, 0.2) is 0 Å². The predicted molar refractivity (Wildman–Crippen MR) is 78.1 cm³/mol. The molecule has 4 nitrogen and oxygen atoms in total. The number of methoxy groups -OCH3 is 1. The Morgan fingerprint density at radius 1 is 1.10 bits per heavy atom. The molecule has 0 saturated heterocycles. The number of nitrogen functional groups attached to an aromatic ring is 1. The van der Waals surface area contributed by atoms with Crippen molar-refractivity contribution in [3.63, 3.8) is 0 Å². The Hall–Kier alpha value is -2.67. The van der Waals surface area contributed by atoms with Crippen LogP contribution in [0.5, 0.6) is 17.2 Å². The highest BCUT2D eigenvalue weighted by atomic mass is 16.5. The average Bonchev–Trinajstić information content (AvgIpc) is 2.44. The summed E-state index contributed by atoms with van der Waals surface area (Å²) in [7, 11) is 1.56. The second-order valence-electron chi connectivity index (χ2n) is 4.56. The third-order valence-electron chi connectivity index (χ3n) is 3.01. The molecule has 0 heterocycles. The van der Waals surface area contributed by atoms with E-state index in [1.807, 2.05) is 13.8 Å². The van der Waals surface area contributed by atoms with Crippen LogP contribution >= 0.6 is 0 Å². The summed E-state index contributed by atoms with van der Waals surface area (Å²) in [4.78, 5) is 0. The van der Waals surface area contributed by atoms with E-state index in [9.17, 15) is 0 Å². The smallest absolute Gasteiger partial charge is 0.145 e. The first-order valence-electron chi connectivity index (χ1n) is 6.18. The lowest BCUT2D eigenvalue weighted by atomic mass is 10.1. The van der Waals surface area contributed by atoms with Gasteiger partial charge in [-0.3, -0.25) is 0 Å². The van der Waals surface area contributed by atoms with Crippen molar-refractivity contribution in [2.45, 2.75) is 13.8 Å². The molecule has 0 saturated carbocycles. The first-order valence-corrected chi connectivity index (χ1v) is 6.18. The Bertz CT molecular complexity index is 664. The molecule has 0 aliphatic carbocycles. The molecule has 102 valence electrons. The number of benzene rings is 2. The SMILES string of the molecule is COc1cc(Oc2c(C)cc(C#N)cc2C)ccc1N. The van der Waals surface area contributed by atoms with Crippen LogP contribution < -0.4 is 15.2 Å². The van der Waals surface area contributed by atoms with Crippen LogP contribution in [0.4, 0.5) is 5.69 Å². The zero-order valence-electron chi connectivity index (χ0n) is 11.7. The number of hydrogen-bond donors (Lipinski definition) is 1. The third kappa shape index (κ3) is 2.67. The minimum absolute atomic E-state index is 0.563. The summed E-state index contributed by atoms with van der Waals surface area (Å²) < 4.78 is 11.1. The summed E-state index contributed by atoms with van der Waals surface area (Å²) >= 11 is 0. The zero-order chi connectivity index (χ0) is 14.7. The van der Waals surface area contributed by atoms with Crippen molar-refractivity contribution in [2.75, 3.05) is 12.8 Å². The summed E-state index contributed by atoms with van der Waals surface area (Å²) in [6.45, 7) is 3.83. The van der Waals surface area contributed by atoms with E-state index >= 15 is 0 Å². The van der Waals surface area contributed by atoms with Gasteiger partial charge in [0.05, 0.1) is 24.4 Å². The maximum Gasteiger partial charge on any atom is 0.145 e. The van der Waals surface area contributed by atoms with Gasteiger partial charge in [-0.25, -0.2) is 0 Å². The van der Waals surface area contributed by atoms with Gasteiger partial charge in [0, 0.05) is 6.07 Å². The van der Waals surface area contributed by atoms with Crippen LogP contribution in [-0.2, 0) is 0 Å². The fraction of sp³-hybridized carbons (Fsp3) is 0.188. The molecule has 0 radical (unpaired) electrons. The lowest BCUT2D eigenvalue weighted by Crippen LogP contribution is -1.95. The summed E-state index contributed by atoms with van der Waals surface area (Å²) in [6, 6.07) is 11.0. The van der Waals surface area contributed by atoms with Gasteiger partial charge in [0.2, 0.25) is 0 Å². The van der Waals surface area contributed by atoms with Gasteiger partial charge in [-0.1, -0.05) is 0 Å². The highest BCUT2D eigenvalue weighted by Crippen LogP contribution is 2.33. The molecule has 0 amide bonds. The Morgan fingerprint density at radius 2 is 1.75 bits per heavy atom. The first kappa shape index (κ1) is 13.8. The number of anilines is 1. The number of aryl methyl sites for hydroxylation is 2. The Kier molecular flexibility index (Phi) is 3.81. The summed E-state index contributed by atoms with van der Waals surface area (Å²) in [5, 5.41) is 8.94. The van der Waals surface area contributed by atoms with Crippen LogP contribution in [0.2, 0.25) is 0 Å². The van der Waals surface area contributed by atoms with Crippen LogP contribution in [0.25, 0.3) is 0 Å². The quantitative estimate of drug-likeness (QED) is 0.864. The number of hydrogen-bond acceptors (Lipinski definition) is 4. The van der Waals surface area contributed by atoms with E-state index in [1.54, 1.807) is 37.4 Å². The maximum absolute atomic E-state index is 8.94. The molecule has 0 unspecified atom stereocenters. The molecule has 0 spiro atoms. The topological polar surface area (TPSA) is 68.3 Å². The van der Waals surface area contributed by atoms with Gasteiger partial charge in [0.25, 0.3) is 0 Å². The first-order chi connectivity index (χ1) is 9.55. The maximum atomic E-state index is 8.94. The molecule has 2 rings (SSSR count). The fourth-order valence-corrected chi connectivity index (χ4v) is 2.05. The molecule has 2 N–H and O–H groups in total. The van der Waals surface area contributed by atoms with Crippen LogP contribution in [0.3, 0.4) is 0 Å². The van der Waals surface area contributed by atoms with Crippen LogP contribution in [-0.4, -0.2) is 7.11 Å². The zero-order valence-corrected chi connectivity index (χ0v) is 11.7. The Balaban J connectivity index is 2.38. The van der Waals surface area contributed by atoms with Gasteiger partial charge >= 0.3 is 0 Å². The van der Waals surface area contributed by atoms with Gasteiger partial charge in [0.1, 0.15) is 17.2 Å². The number of nitriles is 1. The van der Waals surface area contributed by atoms with Crippen molar-refractivity contribution in [1.29, 1.82) is 5.26 Å². The molecular formula is C16H16N2O2. The molecule has 0 bridgehead atoms. The van der Waals surface area contributed by atoms with E-state index in [1.165, 1.54) is 0 Å². The number of rotatable bonds is 3. The van der Waals surface area contributed by atoms with Crippen LogP contribution in [0, 0.1) is 25.2 Å². The van der Waals surface area contributed by atoms with E-state index in [4.69, 9.17) is 20.5 Å². The average molecular weight is 268 g/mol. The van der Waals surface area contributed by atoms with Crippen molar-refractivity contribution in [1.82, 2.24) is 0 Å². The molecule has 4 heteroatoms. The van der Waals surface area contributed by atoms with Gasteiger partial charge in [-0.2, -0.15) is 5.26 Å². The monoisotopic (exact) mass is 268 g/mol. The molecule has 0 atom stereocenters. The lowest BCUT2D eigenvalue weighted by Gasteiger charge is -2.13. The second kappa shape index (κ2) is 5.54. The Labute approximate surface area is 118 Å². The molecule has 0 aliphatic rings. The molecular weight excluding hydrogens is 252 g/mol. The van der Waals surface area contributed by atoms with E-state index < -0.39 is 0 Å². The second-order valence-corrected chi connectivity index (χ2v) is 4.56. The molecule has 0 aromatic heterocycles. The van der Waals surface area contributed by atoms with E-state index in [0.29, 0.717) is 22.7 Å². The van der Waals surface area contributed by atoms with Gasteiger partial charge in [-0.15, -0.1) is 0 Å². The van der Waals surface area contributed by atoms with Crippen molar-refractivity contribution in [2.24, 2.45) is 0 Å². The van der Waals surface area contributed by atoms with Gasteiger partial charge < -0.3 is 15.2 Å². The lowest BCUT2D eigenvalue weighted by molar-refractivity contribution is 0.410. The minimum atomic E-state index is 0.563. The van der Waals surface area contributed by atoms with Crippen molar-refractivity contribution >= 4 is 5.69 Å². The highest BCUT2D eigenvalue weighted by Gasteiger charge is 2.09. The fourth-order valence-electron chi connectivity index (χ4n) is 2.05. The van der Waals surface area contributed by atoms with E-state index in [0.717, 1.165) is 16.9 Å². The van der Waals surface area contributed by atoms with Crippen LogP contribution in [0.15, 0.2) is 30.3 Å². The summed E-state index contributed by atoms with van der Waals surface area (Å²) in [6.07, 6.45) is 0. The molecule has 20 heavy (non-hydrogen) atoms. The summed E-state index contributed by atoms with van der Waals surface area (Å²) in [5.41, 5.74) is 8.79. The Morgan fingerprint density at radius 3 is 2.30 bits per heavy atom. The molecule has 2 aromatic rings. The van der Waals surface area contributed by atoms with E-state index in [-0.39, 0.29) is 0 Å². The normalized spacial score (nSPS) is 9.90. The third-order valence-corrected chi connectivity index (χ3v) is 3.01. The molecule has 0 fully saturated rings. The van der Waals surface area contributed by atoms with E-state index in [2.05, 4.69) is 6.07 Å². The summed E-state index contributed by atoms with van der Waals surface area (Å²) in [5.74, 6) is 1.97. The minimum Gasteiger partial charge on any atom is -0.494 e. The number of nitrogens with two attached hydrogens (primary N) is 1. The van der Waals surface area contributed by atoms with Crippen molar-refractivity contribution in [3.8, 4) is 23.3 Å². The molecule has 2 aromatic carbocycles. The largest absolute Gasteiger partial charge is 0.494 e. The standard InChI is InChI=1S/C16H16N2O2/c1-10-6-12(9-17)7-11(2)16(10)20-13-4-5-14(18)15(8-13)19-3/h4-8H,18H2,1-3H3. The van der Waals surface area contributed by atoms with Crippen molar-refractivity contribution < 1.29 is 9.47 Å². The van der Waals surface area contributed by atoms with Crippen molar-refractivity contribution in [3.05, 3.63) is 47.0 Å². The number of ether oxygens (including phenoxy) is 2. The predicted octanol–water partition coefficient (Wildman–Crippen LogP) is 3.56. The van der Waals surface area contributed by atoms with Crippen LogP contribution in [0.1, 0.15) is 16.7 Å². The molecule has 0 aliphatic heterocycles. The highest BCUT2D eigenvalue weighted by molar-refractivity contribution is 5.57.